The SMILES string of the molecule is COC(=O)CC(C)N1CCC(CC(N)=O)CC1. The van der Waals surface area contributed by atoms with Gasteiger partial charge in [0.2, 0.25) is 5.91 Å². The highest BCUT2D eigenvalue weighted by Gasteiger charge is 2.24. The summed E-state index contributed by atoms with van der Waals surface area (Å²) in [6.07, 6.45) is 2.87. The number of methoxy groups -OCH3 is 1. The summed E-state index contributed by atoms with van der Waals surface area (Å²) < 4.78 is 4.66. The van der Waals surface area contributed by atoms with Crippen LogP contribution in [0.1, 0.15) is 32.6 Å². The second-order valence-corrected chi connectivity index (χ2v) is 4.78. The molecule has 1 fully saturated rings. The maximum absolute atomic E-state index is 11.2. The van der Waals surface area contributed by atoms with Crippen LogP contribution in [0.15, 0.2) is 0 Å². The maximum Gasteiger partial charge on any atom is 0.307 e. The van der Waals surface area contributed by atoms with E-state index in [1.54, 1.807) is 0 Å². The van der Waals surface area contributed by atoms with E-state index in [0.29, 0.717) is 18.8 Å². The summed E-state index contributed by atoms with van der Waals surface area (Å²) in [5.41, 5.74) is 5.19. The minimum atomic E-state index is -0.217. The van der Waals surface area contributed by atoms with E-state index in [-0.39, 0.29) is 17.9 Å². The largest absolute Gasteiger partial charge is 0.469 e. The minimum absolute atomic E-state index is 0.170. The molecule has 1 aliphatic heterocycles. The lowest BCUT2D eigenvalue weighted by Crippen LogP contribution is -2.41. The molecule has 0 radical (unpaired) electrons. The lowest BCUT2D eigenvalue weighted by molar-refractivity contribution is -0.142. The molecule has 0 bridgehead atoms. The van der Waals surface area contributed by atoms with Crippen LogP contribution < -0.4 is 5.73 Å². The number of nitrogens with zero attached hydrogens (tertiary/aromatic N) is 1. The number of carbonyl (C=O) groups is 2. The zero-order chi connectivity index (χ0) is 12.8. The Morgan fingerprint density at radius 2 is 2.00 bits per heavy atom. The Labute approximate surface area is 102 Å². The van der Waals surface area contributed by atoms with Crippen molar-refractivity contribution in [1.29, 1.82) is 0 Å². The molecule has 0 saturated carbocycles. The predicted molar refractivity (Wildman–Crippen MR) is 64.2 cm³/mol. The van der Waals surface area contributed by atoms with Gasteiger partial charge in [-0.15, -0.1) is 0 Å². The molecule has 0 aromatic rings. The van der Waals surface area contributed by atoms with Crippen molar-refractivity contribution in [1.82, 2.24) is 4.90 Å². The molecule has 0 spiro atoms. The van der Waals surface area contributed by atoms with Crippen LogP contribution in [0.2, 0.25) is 0 Å². The first-order chi connectivity index (χ1) is 8.02. The van der Waals surface area contributed by atoms with Crippen molar-refractivity contribution in [3.05, 3.63) is 0 Å². The van der Waals surface area contributed by atoms with Gasteiger partial charge in [0.15, 0.2) is 0 Å². The van der Waals surface area contributed by atoms with E-state index in [9.17, 15) is 9.59 Å². The zero-order valence-electron chi connectivity index (χ0n) is 10.6. The number of esters is 1. The molecule has 2 N–H and O–H groups in total. The van der Waals surface area contributed by atoms with E-state index in [2.05, 4.69) is 9.64 Å². The number of hydrogen-bond donors (Lipinski definition) is 1. The summed E-state index contributed by atoms with van der Waals surface area (Å²) in [4.78, 5) is 24.3. The smallest absolute Gasteiger partial charge is 0.307 e. The number of rotatable bonds is 5. The number of likely N-dealkylation sites (tertiary alicyclic amines) is 1. The third kappa shape index (κ3) is 4.73. The zero-order valence-corrected chi connectivity index (χ0v) is 10.6. The van der Waals surface area contributed by atoms with Crippen LogP contribution >= 0.6 is 0 Å². The lowest BCUT2D eigenvalue weighted by Gasteiger charge is -2.35. The Morgan fingerprint density at radius 3 is 2.47 bits per heavy atom. The van der Waals surface area contributed by atoms with Gasteiger partial charge in [0.05, 0.1) is 13.5 Å². The molecule has 0 aromatic heterocycles. The van der Waals surface area contributed by atoms with Crippen molar-refractivity contribution < 1.29 is 14.3 Å². The summed E-state index contributed by atoms with van der Waals surface area (Å²) in [6, 6.07) is 0.206. The molecule has 5 heteroatoms. The third-order valence-electron chi connectivity index (χ3n) is 3.45. The first-order valence-corrected chi connectivity index (χ1v) is 6.12. The van der Waals surface area contributed by atoms with Gasteiger partial charge in [0.25, 0.3) is 0 Å². The summed E-state index contributed by atoms with van der Waals surface area (Å²) in [6.45, 7) is 3.89. The molecule has 1 saturated heterocycles. The number of amides is 1. The number of piperidine rings is 1. The van der Waals surface area contributed by atoms with Gasteiger partial charge >= 0.3 is 5.97 Å². The Hall–Kier alpha value is -1.10. The van der Waals surface area contributed by atoms with Gasteiger partial charge in [-0.1, -0.05) is 0 Å². The maximum atomic E-state index is 11.2. The average molecular weight is 242 g/mol. The van der Waals surface area contributed by atoms with Crippen molar-refractivity contribution in [2.24, 2.45) is 11.7 Å². The first kappa shape index (κ1) is 14.0. The highest BCUT2D eigenvalue weighted by Crippen LogP contribution is 2.22. The summed E-state index contributed by atoms with van der Waals surface area (Å²) in [5.74, 6) is 0.0249. The summed E-state index contributed by atoms with van der Waals surface area (Å²) in [7, 11) is 1.41. The van der Waals surface area contributed by atoms with Gasteiger partial charge in [0, 0.05) is 12.5 Å². The summed E-state index contributed by atoms with van der Waals surface area (Å²) in [5, 5.41) is 0. The Morgan fingerprint density at radius 1 is 1.41 bits per heavy atom. The first-order valence-electron chi connectivity index (χ1n) is 6.12. The number of carbonyl (C=O) groups excluding carboxylic acids is 2. The molecule has 1 unspecified atom stereocenters. The highest BCUT2D eigenvalue weighted by atomic mass is 16.5. The van der Waals surface area contributed by atoms with Crippen molar-refractivity contribution in [2.45, 2.75) is 38.6 Å². The van der Waals surface area contributed by atoms with Crippen LogP contribution in [0.4, 0.5) is 0 Å². The van der Waals surface area contributed by atoms with Crippen LogP contribution in [0.5, 0.6) is 0 Å². The van der Waals surface area contributed by atoms with Crippen LogP contribution in [-0.2, 0) is 14.3 Å². The van der Waals surface area contributed by atoms with Gasteiger partial charge in [-0.3, -0.25) is 9.59 Å². The van der Waals surface area contributed by atoms with E-state index in [1.165, 1.54) is 7.11 Å². The molecule has 0 aliphatic carbocycles. The minimum Gasteiger partial charge on any atom is -0.469 e. The van der Waals surface area contributed by atoms with Crippen molar-refractivity contribution in [3.8, 4) is 0 Å². The molecule has 1 heterocycles. The Balaban J connectivity index is 2.30. The normalized spacial score (nSPS) is 19.9. The highest BCUT2D eigenvalue weighted by molar-refractivity contribution is 5.74. The van der Waals surface area contributed by atoms with E-state index in [0.717, 1.165) is 25.9 Å². The fourth-order valence-electron chi connectivity index (χ4n) is 2.34. The second kappa shape index (κ2) is 6.59. The van der Waals surface area contributed by atoms with Gasteiger partial charge in [-0.25, -0.2) is 0 Å². The fourth-order valence-corrected chi connectivity index (χ4v) is 2.34. The van der Waals surface area contributed by atoms with E-state index >= 15 is 0 Å². The standard InChI is InChI=1S/C12H22N2O3/c1-9(7-12(16)17-2)14-5-3-10(4-6-14)8-11(13)15/h9-10H,3-8H2,1-2H3,(H2,13,15). The van der Waals surface area contributed by atoms with Crippen LogP contribution in [0.3, 0.4) is 0 Å². The molecule has 1 amide bonds. The molecular weight excluding hydrogens is 220 g/mol. The number of primary amides is 1. The molecule has 0 aromatic carbocycles. The van der Waals surface area contributed by atoms with E-state index in [1.807, 2.05) is 6.92 Å². The van der Waals surface area contributed by atoms with E-state index in [4.69, 9.17) is 5.73 Å². The van der Waals surface area contributed by atoms with E-state index < -0.39 is 0 Å². The Bertz CT molecular complexity index is 273. The van der Waals surface area contributed by atoms with Crippen molar-refractivity contribution >= 4 is 11.9 Å². The van der Waals surface area contributed by atoms with Crippen LogP contribution in [0.25, 0.3) is 0 Å². The molecule has 1 rings (SSSR count). The van der Waals surface area contributed by atoms with Gasteiger partial charge < -0.3 is 15.4 Å². The topological polar surface area (TPSA) is 72.6 Å². The van der Waals surface area contributed by atoms with Crippen molar-refractivity contribution in [3.63, 3.8) is 0 Å². The van der Waals surface area contributed by atoms with Gasteiger partial charge in [-0.2, -0.15) is 0 Å². The predicted octanol–water partition coefficient (Wildman–Crippen LogP) is 0.525. The number of ether oxygens (including phenoxy) is 1. The molecule has 5 nitrogen and oxygen atoms in total. The third-order valence-corrected chi connectivity index (χ3v) is 3.45. The van der Waals surface area contributed by atoms with Crippen LogP contribution in [0, 0.1) is 5.92 Å². The second-order valence-electron chi connectivity index (χ2n) is 4.78. The molecule has 17 heavy (non-hydrogen) atoms. The molecule has 98 valence electrons. The Kier molecular flexibility index (Phi) is 5.41. The fraction of sp³-hybridized carbons (Fsp3) is 0.833. The van der Waals surface area contributed by atoms with Gasteiger partial charge in [-0.05, 0) is 38.8 Å². The molecule has 1 atom stereocenters. The monoisotopic (exact) mass is 242 g/mol. The quantitative estimate of drug-likeness (QED) is 0.714. The molecule has 1 aliphatic rings. The number of hydrogen-bond acceptors (Lipinski definition) is 4. The average Bonchev–Trinajstić information content (AvgIpc) is 2.28. The lowest BCUT2D eigenvalue weighted by atomic mass is 9.92. The summed E-state index contributed by atoms with van der Waals surface area (Å²) >= 11 is 0. The molecular formula is C12H22N2O3. The van der Waals surface area contributed by atoms with Gasteiger partial charge in [0.1, 0.15) is 0 Å². The van der Waals surface area contributed by atoms with Crippen molar-refractivity contribution in [2.75, 3.05) is 20.2 Å². The van der Waals surface area contributed by atoms with Crippen LogP contribution in [-0.4, -0.2) is 43.0 Å². The number of nitrogens with two attached hydrogens (primary N) is 1.